The Kier molecular flexibility index (Phi) is 2.65. The van der Waals surface area contributed by atoms with E-state index in [4.69, 9.17) is 0 Å². The summed E-state index contributed by atoms with van der Waals surface area (Å²) in [6.07, 6.45) is 4.00. The van der Waals surface area contributed by atoms with Crippen molar-refractivity contribution in [3.63, 3.8) is 0 Å². The van der Waals surface area contributed by atoms with Crippen molar-refractivity contribution in [3.05, 3.63) is 12.2 Å². The van der Waals surface area contributed by atoms with Crippen LogP contribution < -0.4 is 0 Å². The zero-order valence-corrected chi connectivity index (χ0v) is 8.98. The van der Waals surface area contributed by atoms with E-state index in [1.54, 1.807) is 0 Å². The number of allylic oxidation sites excluding steroid dienone is 1. The van der Waals surface area contributed by atoms with Gasteiger partial charge in [0.2, 0.25) is 0 Å². The fraction of sp³-hybridized carbons (Fsp3) is 0.833. The first kappa shape index (κ1) is 9.83. The average Bonchev–Trinajstić information content (AvgIpc) is 2.41. The second kappa shape index (κ2) is 3.24. The highest BCUT2D eigenvalue weighted by Gasteiger charge is 2.53. The van der Waals surface area contributed by atoms with Gasteiger partial charge in [0.1, 0.15) is 0 Å². The van der Waals surface area contributed by atoms with E-state index >= 15 is 0 Å². The summed E-state index contributed by atoms with van der Waals surface area (Å²) in [4.78, 5) is 0. The highest BCUT2D eigenvalue weighted by atomic mass is 14.6. The largest absolute Gasteiger partial charge is 0.0990 e. The average molecular weight is 166 g/mol. The summed E-state index contributed by atoms with van der Waals surface area (Å²) in [6.45, 7) is 13.4. The van der Waals surface area contributed by atoms with Crippen molar-refractivity contribution in [2.24, 2.45) is 17.3 Å². The zero-order chi connectivity index (χ0) is 9.35. The quantitative estimate of drug-likeness (QED) is 0.553. The SMILES string of the molecule is C=C1C(C)C1(CCC)CC(C)C. The molecule has 1 aliphatic carbocycles. The van der Waals surface area contributed by atoms with Gasteiger partial charge in [0, 0.05) is 0 Å². The molecule has 0 amide bonds. The summed E-state index contributed by atoms with van der Waals surface area (Å²) in [5, 5.41) is 0. The molecule has 0 heterocycles. The van der Waals surface area contributed by atoms with Crippen LogP contribution in [0.3, 0.4) is 0 Å². The van der Waals surface area contributed by atoms with E-state index in [1.807, 2.05) is 0 Å². The molecule has 0 bridgehead atoms. The third-order valence-electron chi connectivity index (χ3n) is 3.38. The lowest BCUT2D eigenvalue weighted by Gasteiger charge is -2.17. The van der Waals surface area contributed by atoms with Gasteiger partial charge < -0.3 is 0 Å². The van der Waals surface area contributed by atoms with Crippen molar-refractivity contribution in [1.82, 2.24) is 0 Å². The van der Waals surface area contributed by atoms with E-state index in [-0.39, 0.29) is 0 Å². The Labute approximate surface area is 77.1 Å². The highest BCUT2D eigenvalue weighted by Crippen LogP contribution is 2.63. The maximum Gasteiger partial charge on any atom is -0.00226 e. The molecule has 1 saturated carbocycles. The minimum absolute atomic E-state index is 0.545. The molecule has 0 nitrogen and oxygen atoms in total. The molecule has 2 unspecified atom stereocenters. The van der Waals surface area contributed by atoms with Gasteiger partial charge in [-0.25, -0.2) is 0 Å². The first-order chi connectivity index (χ1) is 5.54. The van der Waals surface area contributed by atoms with Crippen LogP contribution in [0.15, 0.2) is 12.2 Å². The molecule has 2 atom stereocenters. The van der Waals surface area contributed by atoms with Crippen LogP contribution in [0.4, 0.5) is 0 Å². The summed E-state index contributed by atoms with van der Waals surface area (Å²) in [6, 6.07) is 0. The second-order valence-corrected chi connectivity index (χ2v) is 4.75. The van der Waals surface area contributed by atoms with Crippen molar-refractivity contribution in [3.8, 4) is 0 Å². The fourth-order valence-electron chi connectivity index (χ4n) is 2.65. The third kappa shape index (κ3) is 1.44. The van der Waals surface area contributed by atoms with Crippen LogP contribution in [-0.4, -0.2) is 0 Å². The van der Waals surface area contributed by atoms with Crippen molar-refractivity contribution in [1.29, 1.82) is 0 Å². The molecule has 1 fully saturated rings. The van der Waals surface area contributed by atoms with E-state index in [9.17, 15) is 0 Å². The molecule has 1 rings (SSSR count). The molecule has 0 spiro atoms. The van der Waals surface area contributed by atoms with E-state index in [2.05, 4.69) is 34.3 Å². The van der Waals surface area contributed by atoms with Gasteiger partial charge in [-0.1, -0.05) is 46.3 Å². The summed E-state index contributed by atoms with van der Waals surface area (Å²) >= 11 is 0. The molecule has 12 heavy (non-hydrogen) atoms. The molecule has 70 valence electrons. The molecular formula is C12H22. The van der Waals surface area contributed by atoms with Crippen LogP contribution in [0.25, 0.3) is 0 Å². The summed E-state index contributed by atoms with van der Waals surface area (Å²) in [5.41, 5.74) is 2.06. The normalized spacial score (nSPS) is 34.4. The molecule has 0 N–H and O–H groups in total. The monoisotopic (exact) mass is 166 g/mol. The van der Waals surface area contributed by atoms with Crippen LogP contribution in [0.2, 0.25) is 0 Å². The molecule has 0 saturated heterocycles. The maximum atomic E-state index is 4.17. The smallest absolute Gasteiger partial charge is 0.00226 e. The number of hydrogen-bond acceptors (Lipinski definition) is 0. The highest BCUT2D eigenvalue weighted by molar-refractivity contribution is 5.34. The van der Waals surface area contributed by atoms with E-state index in [0.717, 1.165) is 11.8 Å². The van der Waals surface area contributed by atoms with Gasteiger partial charge in [-0.2, -0.15) is 0 Å². The first-order valence-corrected chi connectivity index (χ1v) is 5.24. The van der Waals surface area contributed by atoms with Gasteiger partial charge in [-0.05, 0) is 30.1 Å². The van der Waals surface area contributed by atoms with Gasteiger partial charge in [0.05, 0.1) is 0 Å². The van der Waals surface area contributed by atoms with Crippen LogP contribution in [0.5, 0.6) is 0 Å². The second-order valence-electron chi connectivity index (χ2n) is 4.75. The van der Waals surface area contributed by atoms with Crippen LogP contribution >= 0.6 is 0 Å². The molecule has 0 aromatic heterocycles. The Balaban J connectivity index is 2.58. The van der Waals surface area contributed by atoms with Gasteiger partial charge in [0.25, 0.3) is 0 Å². The molecule has 0 aromatic rings. The van der Waals surface area contributed by atoms with Crippen molar-refractivity contribution in [2.45, 2.75) is 47.0 Å². The van der Waals surface area contributed by atoms with Crippen molar-refractivity contribution in [2.75, 3.05) is 0 Å². The van der Waals surface area contributed by atoms with Gasteiger partial charge in [0.15, 0.2) is 0 Å². The lowest BCUT2D eigenvalue weighted by atomic mass is 9.87. The summed E-state index contributed by atoms with van der Waals surface area (Å²) in [7, 11) is 0. The predicted molar refractivity (Wildman–Crippen MR) is 55.1 cm³/mol. The Hall–Kier alpha value is -0.260. The summed E-state index contributed by atoms with van der Waals surface area (Å²) in [5.74, 6) is 1.61. The maximum absolute atomic E-state index is 4.17. The minimum atomic E-state index is 0.545. The number of hydrogen-bond donors (Lipinski definition) is 0. The fourth-order valence-corrected chi connectivity index (χ4v) is 2.65. The third-order valence-corrected chi connectivity index (χ3v) is 3.38. The van der Waals surface area contributed by atoms with Crippen LogP contribution in [0.1, 0.15) is 47.0 Å². The Bertz CT molecular complexity index is 178. The lowest BCUT2D eigenvalue weighted by molar-refractivity contribution is 0.347. The van der Waals surface area contributed by atoms with E-state index in [0.29, 0.717) is 5.41 Å². The van der Waals surface area contributed by atoms with Crippen molar-refractivity contribution < 1.29 is 0 Å². The van der Waals surface area contributed by atoms with Crippen LogP contribution in [-0.2, 0) is 0 Å². The molecule has 1 aliphatic rings. The Morgan fingerprint density at radius 3 is 2.25 bits per heavy atom. The first-order valence-electron chi connectivity index (χ1n) is 5.24. The Morgan fingerprint density at radius 2 is 2.00 bits per heavy atom. The molecule has 0 heteroatoms. The molecule has 0 aliphatic heterocycles. The standard InChI is InChI=1S/C12H22/c1-6-7-12(8-9(2)3)10(4)11(12)5/h9,11H,4,6-8H2,1-3,5H3. The topological polar surface area (TPSA) is 0 Å². The van der Waals surface area contributed by atoms with Gasteiger partial charge in [-0.15, -0.1) is 0 Å². The van der Waals surface area contributed by atoms with Crippen LogP contribution in [0, 0.1) is 17.3 Å². The van der Waals surface area contributed by atoms with E-state index in [1.165, 1.54) is 24.8 Å². The van der Waals surface area contributed by atoms with E-state index < -0.39 is 0 Å². The minimum Gasteiger partial charge on any atom is -0.0990 e. The van der Waals surface area contributed by atoms with Crippen molar-refractivity contribution >= 4 is 0 Å². The van der Waals surface area contributed by atoms with Gasteiger partial charge >= 0.3 is 0 Å². The molecule has 0 aromatic carbocycles. The van der Waals surface area contributed by atoms with Gasteiger partial charge in [-0.3, -0.25) is 0 Å². The number of rotatable bonds is 4. The Morgan fingerprint density at radius 1 is 1.50 bits per heavy atom. The zero-order valence-electron chi connectivity index (χ0n) is 8.98. The molecular weight excluding hydrogens is 144 g/mol. The predicted octanol–water partition coefficient (Wildman–Crippen LogP) is 4.02. The molecule has 0 radical (unpaired) electrons. The lowest BCUT2D eigenvalue weighted by Crippen LogP contribution is -2.07. The summed E-state index contributed by atoms with van der Waals surface area (Å²) < 4.78 is 0.